The fraction of sp³-hybridized carbons (Fsp3) is 0.294. The smallest absolute Gasteiger partial charge is 0.310 e. The Morgan fingerprint density at radius 2 is 2.04 bits per heavy atom. The van der Waals surface area contributed by atoms with E-state index in [1.54, 1.807) is 11.9 Å². The van der Waals surface area contributed by atoms with Gasteiger partial charge < -0.3 is 9.84 Å². The molecule has 2 heterocycles. The number of aliphatic hydroxyl groups is 1. The van der Waals surface area contributed by atoms with E-state index in [0.29, 0.717) is 17.1 Å². The zero-order chi connectivity index (χ0) is 16.6. The number of carbonyl (C=O) groups excluding carboxylic acids is 1. The largest absolute Gasteiger partial charge is 0.493 e. The summed E-state index contributed by atoms with van der Waals surface area (Å²) in [6, 6.07) is 9.96. The Hall–Kier alpha value is -2.60. The van der Waals surface area contributed by atoms with Crippen molar-refractivity contribution in [2.75, 3.05) is 14.2 Å². The predicted octanol–water partition coefficient (Wildman–Crippen LogP) is 2.54. The summed E-state index contributed by atoms with van der Waals surface area (Å²) < 4.78 is 4.69. The molecule has 1 aromatic rings. The maximum atomic E-state index is 11.6. The predicted molar refractivity (Wildman–Crippen MR) is 86.3 cm³/mol. The van der Waals surface area contributed by atoms with Gasteiger partial charge in [0.25, 0.3) is 0 Å². The summed E-state index contributed by atoms with van der Waals surface area (Å²) in [6.07, 6.45) is 1.98. The quantitative estimate of drug-likeness (QED) is 0.869. The highest BCUT2D eigenvalue weighted by atomic mass is 16.5. The molecule has 120 valence electrons. The van der Waals surface area contributed by atoms with Crippen LogP contribution < -0.4 is 0 Å². The molecule has 6 nitrogen and oxygen atoms in total. The third-order valence-corrected chi connectivity index (χ3v) is 4.12. The Balaban J connectivity index is 1.96. The summed E-state index contributed by atoms with van der Waals surface area (Å²) in [5, 5.41) is 14.1. The van der Waals surface area contributed by atoms with Crippen molar-refractivity contribution in [1.29, 1.82) is 0 Å². The molecule has 23 heavy (non-hydrogen) atoms. The van der Waals surface area contributed by atoms with E-state index < -0.39 is 5.97 Å². The molecule has 0 aliphatic carbocycles. The number of rotatable bonds is 3. The number of hydrogen-bond donors (Lipinski definition) is 1. The third kappa shape index (κ3) is 2.61. The van der Waals surface area contributed by atoms with Crippen LogP contribution in [0.4, 0.5) is 0 Å². The lowest BCUT2D eigenvalue weighted by molar-refractivity contribution is -0.139. The molecule has 0 aromatic heterocycles. The monoisotopic (exact) mass is 313 g/mol. The van der Waals surface area contributed by atoms with Crippen LogP contribution in [0, 0.1) is 0 Å². The number of benzene rings is 1. The Morgan fingerprint density at radius 1 is 1.35 bits per heavy atom. The van der Waals surface area contributed by atoms with Crippen molar-refractivity contribution in [2.45, 2.75) is 19.4 Å². The molecule has 1 aromatic carbocycles. The number of likely N-dealkylation sites (N-methyl/N-ethyl adjacent to an activating group) is 1. The van der Waals surface area contributed by atoms with Crippen LogP contribution in [-0.4, -0.2) is 41.0 Å². The van der Waals surface area contributed by atoms with Crippen LogP contribution in [0.2, 0.25) is 0 Å². The maximum Gasteiger partial charge on any atom is 0.310 e. The minimum atomic E-state index is -0.407. The molecule has 0 fully saturated rings. The van der Waals surface area contributed by atoms with Gasteiger partial charge in [-0.15, -0.1) is 0 Å². The number of nitrogens with zero attached hydrogens (tertiary/aromatic N) is 3. The summed E-state index contributed by atoms with van der Waals surface area (Å²) in [6.45, 7) is 1.78. The standard InChI is InChI=1S/C17H19N3O3/c1-11-13(9-16(21)23-3)17(22)20-15(18-11)10-14(19(20)2)12-7-5-4-6-8-12/h4-8,10,14,22H,9H2,1-3H3. The number of ether oxygens (including phenoxy) is 1. The van der Waals surface area contributed by atoms with Crippen LogP contribution in [0.1, 0.15) is 24.9 Å². The topological polar surface area (TPSA) is 65.4 Å². The Labute approximate surface area is 135 Å². The molecule has 2 aliphatic rings. The molecule has 6 heteroatoms. The highest BCUT2D eigenvalue weighted by Crippen LogP contribution is 2.38. The first-order valence-electron chi connectivity index (χ1n) is 7.37. The summed E-state index contributed by atoms with van der Waals surface area (Å²) >= 11 is 0. The molecule has 0 bridgehead atoms. The van der Waals surface area contributed by atoms with Crippen LogP contribution in [0.25, 0.3) is 0 Å². The number of carbonyl (C=O) groups is 1. The number of esters is 1. The van der Waals surface area contributed by atoms with Crippen molar-refractivity contribution in [3.63, 3.8) is 0 Å². The second kappa shape index (κ2) is 5.89. The Kier molecular flexibility index (Phi) is 3.92. The van der Waals surface area contributed by atoms with Gasteiger partial charge in [-0.2, -0.15) is 0 Å². The number of aliphatic hydroxyl groups excluding tert-OH is 1. The van der Waals surface area contributed by atoms with Gasteiger partial charge in [-0.3, -0.25) is 4.79 Å². The molecule has 3 rings (SSSR count). The van der Waals surface area contributed by atoms with Crippen LogP contribution in [0.3, 0.4) is 0 Å². The number of hydrogen-bond acceptors (Lipinski definition) is 6. The lowest BCUT2D eigenvalue weighted by Crippen LogP contribution is -2.38. The van der Waals surface area contributed by atoms with E-state index >= 15 is 0 Å². The van der Waals surface area contributed by atoms with Crippen LogP contribution in [0.5, 0.6) is 0 Å². The van der Waals surface area contributed by atoms with Crippen LogP contribution in [-0.2, 0) is 9.53 Å². The van der Waals surface area contributed by atoms with Crippen LogP contribution >= 0.6 is 0 Å². The fourth-order valence-corrected chi connectivity index (χ4v) is 2.86. The number of methoxy groups -OCH3 is 1. The molecule has 0 saturated heterocycles. The minimum absolute atomic E-state index is 0.00864. The highest BCUT2D eigenvalue weighted by molar-refractivity contribution is 6.03. The van der Waals surface area contributed by atoms with Crippen molar-refractivity contribution in [1.82, 2.24) is 10.0 Å². The Morgan fingerprint density at radius 3 is 2.70 bits per heavy atom. The average molecular weight is 313 g/mol. The molecular formula is C17H19N3O3. The van der Waals surface area contributed by atoms with Gasteiger partial charge in [0, 0.05) is 18.3 Å². The first-order chi connectivity index (χ1) is 11.0. The number of fused-ring (bicyclic) bond motifs is 1. The number of hydrazine groups is 1. The van der Waals surface area contributed by atoms with E-state index in [9.17, 15) is 9.90 Å². The van der Waals surface area contributed by atoms with E-state index in [4.69, 9.17) is 4.74 Å². The van der Waals surface area contributed by atoms with Gasteiger partial charge in [-0.1, -0.05) is 30.3 Å². The normalized spacial score (nSPS) is 21.0. The molecule has 0 radical (unpaired) electrons. The summed E-state index contributed by atoms with van der Waals surface area (Å²) in [5.74, 6) is 0.273. The molecule has 2 aliphatic heterocycles. The molecular weight excluding hydrogens is 294 g/mol. The van der Waals surface area contributed by atoms with E-state index in [1.807, 2.05) is 48.5 Å². The van der Waals surface area contributed by atoms with Crippen molar-refractivity contribution in [3.8, 4) is 0 Å². The van der Waals surface area contributed by atoms with E-state index in [1.165, 1.54) is 7.11 Å². The van der Waals surface area contributed by atoms with Gasteiger partial charge in [-0.25, -0.2) is 15.0 Å². The first kappa shape index (κ1) is 15.3. The molecule has 0 spiro atoms. The van der Waals surface area contributed by atoms with Gasteiger partial charge >= 0.3 is 5.97 Å². The minimum Gasteiger partial charge on any atom is -0.493 e. The second-order valence-electron chi connectivity index (χ2n) is 5.52. The van der Waals surface area contributed by atoms with Gasteiger partial charge in [0.05, 0.1) is 19.6 Å². The molecule has 1 atom stereocenters. The lowest BCUT2D eigenvalue weighted by atomic mass is 10.1. The number of aliphatic imine (C=N–C) groups is 1. The maximum absolute atomic E-state index is 11.6. The van der Waals surface area contributed by atoms with Gasteiger partial charge in [-0.05, 0) is 18.6 Å². The second-order valence-corrected chi connectivity index (χ2v) is 5.52. The molecule has 1 unspecified atom stereocenters. The first-order valence-corrected chi connectivity index (χ1v) is 7.37. The zero-order valence-corrected chi connectivity index (χ0v) is 13.4. The SMILES string of the molecule is COC(=O)CC1=C(O)N2C(=CC(c3ccccc3)N2C)N=C1C. The van der Waals surface area contributed by atoms with Gasteiger partial charge in [0.2, 0.25) is 5.88 Å². The summed E-state index contributed by atoms with van der Waals surface area (Å²) in [4.78, 5) is 16.1. The van der Waals surface area contributed by atoms with Gasteiger partial charge in [0.15, 0.2) is 0 Å². The molecule has 1 N–H and O–H groups in total. The van der Waals surface area contributed by atoms with Crippen molar-refractivity contribution < 1.29 is 14.6 Å². The molecule has 0 amide bonds. The average Bonchev–Trinajstić information content (AvgIpc) is 2.88. The zero-order valence-electron chi connectivity index (χ0n) is 13.4. The highest BCUT2D eigenvalue weighted by Gasteiger charge is 2.37. The van der Waals surface area contributed by atoms with E-state index in [2.05, 4.69) is 4.99 Å². The van der Waals surface area contributed by atoms with E-state index in [0.717, 1.165) is 5.56 Å². The van der Waals surface area contributed by atoms with Crippen molar-refractivity contribution >= 4 is 11.7 Å². The van der Waals surface area contributed by atoms with Crippen molar-refractivity contribution in [2.24, 2.45) is 4.99 Å². The van der Waals surface area contributed by atoms with Crippen LogP contribution in [0.15, 0.2) is 58.7 Å². The third-order valence-electron chi connectivity index (χ3n) is 4.12. The summed E-state index contributed by atoms with van der Waals surface area (Å²) in [7, 11) is 3.21. The summed E-state index contributed by atoms with van der Waals surface area (Å²) in [5.41, 5.74) is 2.21. The van der Waals surface area contributed by atoms with Gasteiger partial charge in [0.1, 0.15) is 5.82 Å². The van der Waals surface area contributed by atoms with E-state index in [-0.39, 0.29) is 18.3 Å². The lowest BCUT2D eigenvalue weighted by Gasteiger charge is -2.33. The fourth-order valence-electron chi connectivity index (χ4n) is 2.86. The molecule has 0 saturated carbocycles. The van der Waals surface area contributed by atoms with Crippen molar-refractivity contribution in [3.05, 3.63) is 59.2 Å². The Bertz CT molecular complexity index is 722.